The predicted octanol–water partition coefficient (Wildman–Crippen LogP) is 7.15. The first-order chi connectivity index (χ1) is 15.2. The molecule has 0 saturated carbocycles. The lowest BCUT2D eigenvalue weighted by atomic mass is 10.1. The van der Waals surface area contributed by atoms with Gasteiger partial charge in [0.05, 0.1) is 18.3 Å². The highest BCUT2D eigenvalue weighted by Crippen LogP contribution is 2.27. The van der Waals surface area contributed by atoms with Gasteiger partial charge in [0.2, 0.25) is 0 Å². The average Bonchev–Trinajstić information content (AvgIpc) is 2.78. The fourth-order valence-electron chi connectivity index (χ4n) is 3.76. The van der Waals surface area contributed by atoms with Gasteiger partial charge in [0.1, 0.15) is 5.75 Å². The second kappa shape index (κ2) is 15.8. The number of para-hydroxylation sites is 1. The summed E-state index contributed by atoms with van der Waals surface area (Å²) in [7, 11) is 0. The van der Waals surface area contributed by atoms with Gasteiger partial charge in [-0.2, -0.15) is 0 Å². The van der Waals surface area contributed by atoms with Gasteiger partial charge in [0, 0.05) is 12.4 Å². The van der Waals surface area contributed by atoms with Crippen molar-refractivity contribution in [3.8, 4) is 17.1 Å². The van der Waals surface area contributed by atoms with E-state index in [9.17, 15) is 5.11 Å². The van der Waals surface area contributed by atoms with Gasteiger partial charge >= 0.3 is 0 Å². The molecule has 2 aromatic rings. The molecule has 0 aliphatic heterocycles. The number of aliphatic hydroxyl groups is 1. The van der Waals surface area contributed by atoms with E-state index in [1.54, 1.807) is 0 Å². The molecule has 2 rings (SSSR count). The van der Waals surface area contributed by atoms with Crippen LogP contribution in [0.25, 0.3) is 11.4 Å². The molecular weight excluding hydrogens is 384 g/mol. The minimum atomic E-state index is -0.194. The van der Waals surface area contributed by atoms with Crippen LogP contribution in [0.4, 0.5) is 0 Å². The Bertz CT molecular complexity index is 701. The van der Waals surface area contributed by atoms with Crippen molar-refractivity contribution in [2.45, 2.75) is 103 Å². The zero-order valence-corrected chi connectivity index (χ0v) is 19.7. The third-order valence-electron chi connectivity index (χ3n) is 5.68. The Labute approximate surface area is 189 Å². The maximum atomic E-state index is 9.33. The highest BCUT2D eigenvalue weighted by atomic mass is 16.5. The van der Waals surface area contributed by atoms with Crippen LogP contribution in [0.5, 0.6) is 5.75 Å². The number of unbranched alkanes of at least 4 members (excludes halogenated alkanes) is 9. The minimum absolute atomic E-state index is 0.194. The Balaban J connectivity index is 1.74. The first-order valence-electron chi connectivity index (χ1n) is 12.4. The molecule has 1 aromatic heterocycles. The van der Waals surface area contributed by atoms with Crippen molar-refractivity contribution >= 4 is 0 Å². The van der Waals surface area contributed by atoms with Gasteiger partial charge in [-0.25, -0.2) is 9.97 Å². The lowest BCUT2D eigenvalue weighted by Crippen LogP contribution is -2.01. The van der Waals surface area contributed by atoms with E-state index in [4.69, 9.17) is 4.74 Å². The van der Waals surface area contributed by atoms with E-state index >= 15 is 0 Å². The van der Waals surface area contributed by atoms with Crippen LogP contribution in [0.3, 0.4) is 0 Å². The quantitative estimate of drug-likeness (QED) is 0.273. The monoisotopic (exact) mass is 426 g/mol. The van der Waals surface area contributed by atoms with Crippen LogP contribution in [-0.4, -0.2) is 27.8 Å². The van der Waals surface area contributed by atoms with E-state index in [1.165, 1.54) is 44.9 Å². The van der Waals surface area contributed by atoms with Crippen LogP contribution >= 0.6 is 0 Å². The van der Waals surface area contributed by atoms with Gasteiger partial charge in [-0.1, -0.05) is 76.8 Å². The number of rotatable bonds is 17. The van der Waals surface area contributed by atoms with Crippen LogP contribution in [0, 0.1) is 0 Å². The molecule has 0 aliphatic carbocycles. The van der Waals surface area contributed by atoms with E-state index in [0.717, 1.165) is 67.8 Å². The number of aromatic nitrogens is 2. The Morgan fingerprint density at radius 1 is 0.839 bits per heavy atom. The van der Waals surface area contributed by atoms with Gasteiger partial charge in [0.25, 0.3) is 0 Å². The SMILES string of the molecule is CCCCCCCCCCOc1ccccc1-c1ncc(CCCCCC(C)O)cn1. The summed E-state index contributed by atoms with van der Waals surface area (Å²) in [6, 6.07) is 8.07. The van der Waals surface area contributed by atoms with Gasteiger partial charge in [-0.3, -0.25) is 0 Å². The molecule has 172 valence electrons. The molecule has 0 radical (unpaired) electrons. The molecular formula is C27H42N2O2. The predicted molar refractivity (Wildman–Crippen MR) is 129 cm³/mol. The van der Waals surface area contributed by atoms with Gasteiger partial charge in [-0.05, 0) is 50.3 Å². The van der Waals surface area contributed by atoms with Crippen molar-refractivity contribution in [2.24, 2.45) is 0 Å². The number of aliphatic hydroxyl groups excluding tert-OH is 1. The van der Waals surface area contributed by atoms with Crippen molar-refractivity contribution in [3.63, 3.8) is 0 Å². The number of ether oxygens (including phenoxy) is 1. The maximum absolute atomic E-state index is 9.33. The van der Waals surface area contributed by atoms with Crippen molar-refractivity contribution < 1.29 is 9.84 Å². The maximum Gasteiger partial charge on any atom is 0.162 e. The zero-order chi connectivity index (χ0) is 22.2. The smallest absolute Gasteiger partial charge is 0.162 e. The zero-order valence-electron chi connectivity index (χ0n) is 19.7. The highest BCUT2D eigenvalue weighted by Gasteiger charge is 2.09. The Morgan fingerprint density at radius 3 is 2.19 bits per heavy atom. The molecule has 0 amide bonds. The molecule has 1 aromatic carbocycles. The number of aryl methyl sites for hydroxylation is 1. The normalized spacial score (nSPS) is 12.1. The average molecular weight is 427 g/mol. The van der Waals surface area contributed by atoms with Gasteiger partial charge in [-0.15, -0.1) is 0 Å². The second-order valence-electron chi connectivity index (χ2n) is 8.68. The fourth-order valence-corrected chi connectivity index (χ4v) is 3.76. The van der Waals surface area contributed by atoms with Crippen LogP contribution < -0.4 is 4.74 Å². The summed E-state index contributed by atoms with van der Waals surface area (Å²) in [6.45, 7) is 4.86. The summed E-state index contributed by atoms with van der Waals surface area (Å²) in [6.07, 6.45) is 19.2. The van der Waals surface area contributed by atoms with E-state index in [2.05, 4.69) is 16.9 Å². The molecule has 4 nitrogen and oxygen atoms in total. The van der Waals surface area contributed by atoms with Crippen molar-refractivity contribution in [1.82, 2.24) is 9.97 Å². The Morgan fingerprint density at radius 2 is 1.48 bits per heavy atom. The van der Waals surface area contributed by atoms with Crippen LogP contribution in [0.2, 0.25) is 0 Å². The van der Waals surface area contributed by atoms with Crippen LogP contribution in [-0.2, 0) is 6.42 Å². The van der Waals surface area contributed by atoms with E-state index in [-0.39, 0.29) is 6.10 Å². The number of hydrogen-bond donors (Lipinski definition) is 1. The van der Waals surface area contributed by atoms with Crippen molar-refractivity contribution in [3.05, 3.63) is 42.2 Å². The largest absolute Gasteiger partial charge is 0.493 e. The Kier molecular flexibility index (Phi) is 12.9. The summed E-state index contributed by atoms with van der Waals surface area (Å²) in [5, 5.41) is 9.33. The number of benzene rings is 1. The van der Waals surface area contributed by atoms with Gasteiger partial charge < -0.3 is 9.84 Å². The molecule has 1 heterocycles. The first-order valence-corrected chi connectivity index (χ1v) is 12.4. The molecule has 0 saturated heterocycles. The molecule has 0 fully saturated rings. The lowest BCUT2D eigenvalue weighted by Gasteiger charge is -2.11. The summed E-state index contributed by atoms with van der Waals surface area (Å²) >= 11 is 0. The van der Waals surface area contributed by atoms with Crippen LogP contribution in [0.15, 0.2) is 36.7 Å². The molecule has 1 N–H and O–H groups in total. The summed E-state index contributed by atoms with van der Waals surface area (Å²) < 4.78 is 6.08. The molecule has 31 heavy (non-hydrogen) atoms. The summed E-state index contributed by atoms with van der Waals surface area (Å²) in [5.41, 5.74) is 2.13. The molecule has 1 atom stereocenters. The first kappa shape index (κ1) is 25.3. The minimum Gasteiger partial charge on any atom is -0.493 e. The van der Waals surface area contributed by atoms with E-state index in [0.29, 0.717) is 0 Å². The third-order valence-corrected chi connectivity index (χ3v) is 5.68. The molecule has 0 aliphatic rings. The number of nitrogens with zero attached hydrogens (tertiary/aromatic N) is 2. The van der Waals surface area contributed by atoms with Crippen LogP contribution in [0.1, 0.15) is 96.5 Å². The molecule has 0 spiro atoms. The van der Waals surface area contributed by atoms with Crippen molar-refractivity contribution in [1.29, 1.82) is 0 Å². The Hall–Kier alpha value is -1.94. The molecule has 0 bridgehead atoms. The van der Waals surface area contributed by atoms with E-state index in [1.807, 2.05) is 43.6 Å². The topological polar surface area (TPSA) is 55.2 Å². The fraction of sp³-hybridized carbons (Fsp3) is 0.630. The summed E-state index contributed by atoms with van der Waals surface area (Å²) in [4.78, 5) is 9.20. The van der Waals surface area contributed by atoms with Crippen molar-refractivity contribution in [2.75, 3.05) is 6.61 Å². The summed E-state index contributed by atoms with van der Waals surface area (Å²) in [5.74, 6) is 1.60. The molecule has 1 unspecified atom stereocenters. The third kappa shape index (κ3) is 10.8. The lowest BCUT2D eigenvalue weighted by molar-refractivity contribution is 0.180. The second-order valence-corrected chi connectivity index (χ2v) is 8.68. The van der Waals surface area contributed by atoms with Gasteiger partial charge in [0.15, 0.2) is 5.82 Å². The number of hydrogen-bond acceptors (Lipinski definition) is 4. The van der Waals surface area contributed by atoms with E-state index < -0.39 is 0 Å². The molecule has 4 heteroatoms. The standard InChI is InChI=1S/C27H42N2O2/c1-3-4-5-6-7-8-9-15-20-31-26-19-14-13-18-25(26)27-28-21-24(22-29-27)17-12-10-11-16-23(2)30/h13-14,18-19,21-23,30H,3-12,15-17,20H2,1-2H3. The highest BCUT2D eigenvalue weighted by molar-refractivity contribution is 5.63.